The van der Waals surface area contributed by atoms with Crippen LogP contribution in [0.25, 0.3) is 11.0 Å². The standard InChI is InChI=1S/C13H16FN3O/c14-10-4-1-5-11-12(10)16-13(15)17(11)7-6-9-3-2-8-18-9/h1,4-5,9H,2-3,6-8H2,(H2,15,16). The van der Waals surface area contributed by atoms with Crippen LogP contribution in [0.1, 0.15) is 19.3 Å². The first-order valence-corrected chi connectivity index (χ1v) is 6.27. The molecule has 1 aromatic carbocycles. The number of aryl methyl sites for hydroxylation is 1. The third-order valence-electron chi connectivity index (χ3n) is 3.46. The van der Waals surface area contributed by atoms with E-state index in [9.17, 15) is 4.39 Å². The summed E-state index contributed by atoms with van der Waals surface area (Å²) in [6.07, 6.45) is 3.42. The molecule has 96 valence electrons. The fourth-order valence-corrected chi connectivity index (χ4v) is 2.51. The average Bonchev–Trinajstić information content (AvgIpc) is 2.95. The molecule has 0 spiro atoms. The van der Waals surface area contributed by atoms with Crippen molar-refractivity contribution in [3.8, 4) is 0 Å². The molecule has 1 fully saturated rings. The maximum absolute atomic E-state index is 13.6. The number of fused-ring (bicyclic) bond motifs is 1. The summed E-state index contributed by atoms with van der Waals surface area (Å²) in [5.74, 6) is 0.0446. The van der Waals surface area contributed by atoms with E-state index in [4.69, 9.17) is 10.5 Å². The molecule has 0 saturated carbocycles. The number of ether oxygens (including phenoxy) is 1. The smallest absolute Gasteiger partial charge is 0.201 e. The van der Waals surface area contributed by atoms with Crippen molar-refractivity contribution >= 4 is 17.0 Å². The van der Waals surface area contributed by atoms with Gasteiger partial charge in [-0.2, -0.15) is 0 Å². The molecule has 1 aliphatic rings. The molecule has 0 bridgehead atoms. The average molecular weight is 249 g/mol. The lowest BCUT2D eigenvalue weighted by molar-refractivity contribution is 0.101. The predicted octanol–water partition coefficient (Wildman–Crippen LogP) is 2.33. The van der Waals surface area contributed by atoms with Gasteiger partial charge in [-0.1, -0.05) is 6.07 Å². The first kappa shape index (κ1) is 11.5. The zero-order valence-corrected chi connectivity index (χ0v) is 10.1. The largest absolute Gasteiger partial charge is 0.378 e. The van der Waals surface area contributed by atoms with E-state index in [-0.39, 0.29) is 5.82 Å². The first-order valence-electron chi connectivity index (χ1n) is 6.27. The number of nitrogen functional groups attached to an aromatic ring is 1. The molecule has 1 unspecified atom stereocenters. The number of nitrogens with zero attached hydrogens (tertiary/aromatic N) is 2. The fraction of sp³-hybridized carbons (Fsp3) is 0.462. The van der Waals surface area contributed by atoms with Crippen molar-refractivity contribution in [3.05, 3.63) is 24.0 Å². The van der Waals surface area contributed by atoms with Gasteiger partial charge in [-0.05, 0) is 31.4 Å². The van der Waals surface area contributed by atoms with Crippen LogP contribution in [-0.4, -0.2) is 22.3 Å². The Morgan fingerprint density at radius 1 is 1.50 bits per heavy atom. The van der Waals surface area contributed by atoms with Crippen LogP contribution in [0, 0.1) is 5.82 Å². The quantitative estimate of drug-likeness (QED) is 0.908. The minimum Gasteiger partial charge on any atom is -0.378 e. The normalized spacial score (nSPS) is 19.7. The zero-order chi connectivity index (χ0) is 12.5. The van der Waals surface area contributed by atoms with Gasteiger partial charge < -0.3 is 15.0 Å². The minimum atomic E-state index is -0.324. The van der Waals surface area contributed by atoms with Crippen LogP contribution in [0.3, 0.4) is 0 Å². The van der Waals surface area contributed by atoms with Gasteiger partial charge in [0.25, 0.3) is 0 Å². The van der Waals surface area contributed by atoms with Crippen molar-refractivity contribution < 1.29 is 9.13 Å². The van der Waals surface area contributed by atoms with Crippen LogP contribution in [0.5, 0.6) is 0 Å². The Bertz CT molecular complexity index is 561. The molecule has 4 nitrogen and oxygen atoms in total. The van der Waals surface area contributed by atoms with Crippen LogP contribution in [0.4, 0.5) is 10.3 Å². The summed E-state index contributed by atoms with van der Waals surface area (Å²) in [4.78, 5) is 4.08. The van der Waals surface area contributed by atoms with E-state index in [1.54, 1.807) is 6.07 Å². The van der Waals surface area contributed by atoms with Gasteiger partial charge in [-0.15, -0.1) is 0 Å². The molecule has 18 heavy (non-hydrogen) atoms. The second-order valence-corrected chi connectivity index (χ2v) is 4.65. The number of imidazole rings is 1. The summed E-state index contributed by atoms with van der Waals surface area (Å²) in [7, 11) is 0. The number of hydrogen-bond donors (Lipinski definition) is 1. The van der Waals surface area contributed by atoms with Gasteiger partial charge in [-0.25, -0.2) is 9.37 Å². The van der Waals surface area contributed by atoms with E-state index in [0.29, 0.717) is 17.6 Å². The molecule has 5 heteroatoms. The Hall–Kier alpha value is -1.62. The number of benzene rings is 1. The molecule has 3 rings (SSSR count). The number of rotatable bonds is 3. The molecule has 0 aliphatic carbocycles. The molecule has 1 aliphatic heterocycles. The fourth-order valence-electron chi connectivity index (χ4n) is 2.51. The predicted molar refractivity (Wildman–Crippen MR) is 67.7 cm³/mol. The number of para-hydroxylation sites is 1. The molecule has 0 amide bonds. The second kappa shape index (κ2) is 4.57. The maximum atomic E-state index is 13.6. The van der Waals surface area contributed by atoms with E-state index < -0.39 is 0 Å². The number of anilines is 1. The zero-order valence-electron chi connectivity index (χ0n) is 10.1. The molecule has 1 saturated heterocycles. The van der Waals surface area contributed by atoms with Crippen LogP contribution in [-0.2, 0) is 11.3 Å². The van der Waals surface area contributed by atoms with Gasteiger partial charge in [0.1, 0.15) is 5.52 Å². The molecular weight excluding hydrogens is 233 g/mol. The Labute approximate surface area is 105 Å². The maximum Gasteiger partial charge on any atom is 0.201 e. The molecule has 1 atom stereocenters. The Balaban J connectivity index is 1.86. The monoisotopic (exact) mass is 249 g/mol. The molecular formula is C13H16FN3O. The van der Waals surface area contributed by atoms with E-state index in [2.05, 4.69) is 4.98 Å². The van der Waals surface area contributed by atoms with Gasteiger partial charge in [0, 0.05) is 13.2 Å². The summed E-state index contributed by atoms with van der Waals surface area (Å²) in [6.45, 7) is 1.57. The number of halogens is 1. The lowest BCUT2D eigenvalue weighted by Gasteiger charge is -2.11. The van der Waals surface area contributed by atoms with Crippen LogP contribution in [0.2, 0.25) is 0 Å². The minimum absolute atomic E-state index is 0.301. The summed E-state index contributed by atoms with van der Waals surface area (Å²) in [6, 6.07) is 4.93. The lowest BCUT2D eigenvalue weighted by Crippen LogP contribution is -2.11. The van der Waals surface area contributed by atoms with E-state index in [0.717, 1.165) is 37.9 Å². The number of hydrogen-bond acceptors (Lipinski definition) is 3. The van der Waals surface area contributed by atoms with E-state index in [1.807, 2.05) is 10.6 Å². The summed E-state index contributed by atoms with van der Waals surface area (Å²) in [5, 5.41) is 0. The lowest BCUT2D eigenvalue weighted by atomic mass is 10.2. The Morgan fingerprint density at radius 2 is 2.39 bits per heavy atom. The molecule has 2 N–H and O–H groups in total. The van der Waals surface area contributed by atoms with Gasteiger partial charge in [0.2, 0.25) is 5.95 Å². The van der Waals surface area contributed by atoms with Gasteiger partial charge in [0.15, 0.2) is 5.82 Å². The highest BCUT2D eigenvalue weighted by molar-refractivity contribution is 5.78. The van der Waals surface area contributed by atoms with Crippen molar-refractivity contribution in [1.82, 2.24) is 9.55 Å². The van der Waals surface area contributed by atoms with Crippen LogP contribution in [0.15, 0.2) is 18.2 Å². The summed E-state index contributed by atoms with van der Waals surface area (Å²) < 4.78 is 21.0. The highest BCUT2D eigenvalue weighted by atomic mass is 19.1. The van der Waals surface area contributed by atoms with Crippen molar-refractivity contribution in [2.45, 2.75) is 31.9 Å². The summed E-state index contributed by atoms with van der Waals surface area (Å²) in [5.41, 5.74) is 6.96. The van der Waals surface area contributed by atoms with Crippen LogP contribution < -0.4 is 5.73 Å². The van der Waals surface area contributed by atoms with Crippen molar-refractivity contribution in [3.63, 3.8) is 0 Å². The van der Waals surface area contributed by atoms with Crippen molar-refractivity contribution in [2.75, 3.05) is 12.3 Å². The molecule has 1 aromatic heterocycles. The molecule has 0 radical (unpaired) electrons. The van der Waals surface area contributed by atoms with Crippen molar-refractivity contribution in [2.24, 2.45) is 0 Å². The third-order valence-corrected chi connectivity index (χ3v) is 3.46. The summed E-state index contributed by atoms with van der Waals surface area (Å²) >= 11 is 0. The Kier molecular flexibility index (Phi) is 2.91. The second-order valence-electron chi connectivity index (χ2n) is 4.65. The van der Waals surface area contributed by atoms with Gasteiger partial charge in [0.05, 0.1) is 11.6 Å². The third kappa shape index (κ3) is 1.95. The highest BCUT2D eigenvalue weighted by Crippen LogP contribution is 2.23. The molecule has 2 aromatic rings. The van der Waals surface area contributed by atoms with Gasteiger partial charge in [-0.3, -0.25) is 0 Å². The van der Waals surface area contributed by atoms with Crippen LogP contribution >= 0.6 is 0 Å². The highest BCUT2D eigenvalue weighted by Gasteiger charge is 2.17. The number of aromatic nitrogens is 2. The Morgan fingerprint density at radius 3 is 3.17 bits per heavy atom. The molecule has 2 heterocycles. The topological polar surface area (TPSA) is 53.1 Å². The SMILES string of the molecule is Nc1nc2c(F)cccc2n1CCC1CCCO1. The van der Waals surface area contributed by atoms with E-state index in [1.165, 1.54) is 6.07 Å². The van der Waals surface area contributed by atoms with Gasteiger partial charge >= 0.3 is 0 Å². The first-order chi connectivity index (χ1) is 8.75. The van der Waals surface area contributed by atoms with Crippen molar-refractivity contribution in [1.29, 1.82) is 0 Å². The number of nitrogens with two attached hydrogens (primary N) is 1. The van der Waals surface area contributed by atoms with E-state index >= 15 is 0 Å².